The van der Waals surface area contributed by atoms with Gasteiger partial charge >= 0.3 is 0 Å². The van der Waals surface area contributed by atoms with Gasteiger partial charge in [-0.15, -0.1) is 0 Å². The van der Waals surface area contributed by atoms with E-state index in [0.717, 1.165) is 16.8 Å². The average Bonchev–Trinajstić information content (AvgIpc) is 3.53. The molecule has 1 saturated heterocycles. The van der Waals surface area contributed by atoms with Crippen LogP contribution in [0.25, 0.3) is 16.9 Å². The molecule has 1 aliphatic rings. The molecule has 6 aromatic rings. The van der Waals surface area contributed by atoms with Crippen molar-refractivity contribution >= 4 is 40.0 Å². The molecule has 1 fully saturated rings. The third-order valence-electron chi connectivity index (χ3n) is 8.41. The van der Waals surface area contributed by atoms with E-state index in [-0.39, 0.29) is 18.5 Å². The first-order valence-electron chi connectivity index (χ1n) is 15.6. The summed E-state index contributed by atoms with van der Waals surface area (Å²) >= 11 is 0. The summed E-state index contributed by atoms with van der Waals surface area (Å²) in [5, 5.41) is 14.9. The molecule has 12 heteroatoms. The maximum absolute atomic E-state index is 13.7. The number of imidazole rings is 1. The fraction of sp³-hybridized carbons (Fsp3) is 0.194. The predicted molar refractivity (Wildman–Crippen MR) is 182 cm³/mol. The smallest absolute Gasteiger partial charge is 0.271 e. The Morgan fingerprint density at radius 3 is 2.08 bits per heavy atom. The van der Waals surface area contributed by atoms with Crippen LogP contribution < -0.4 is 15.1 Å². The SMILES string of the molecule is O=[N+]([O-])c1cccc(-n2cnc3c(N(Cc4ccccc4)Cc4ccccc4)nc(Nc4ccc(N5CCC(F)(F)CC5)cc4)nc32)c1. The Labute approximate surface area is 275 Å². The molecule has 0 spiro atoms. The number of alkyl halides is 2. The van der Waals surface area contributed by atoms with Crippen LogP contribution in [0.5, 0.6) is 0 Å². The topological polar surface area (TPSA) is 105 Å². The first-order chi connectivity index (χ1) is 23.3. The number of nitro benzene ring substituents is 1. The van der Waals surface area contributed by atoms with Crippen molar-refractivity contribution in [2.75, 3.05) is 28.2 Å². The summed E-state index contributed by atoms with van der Waals surface area (Å²) < 4.78 is 29.2. The van der Waals surface area contributed by atoms with Crippen molar-refractivity contribution in [1.29, 1.82) is 0 Å². The molecule has 7 rings (SSSR count). The monoisotopic (exact) mass is 646 g/mol. The molecule has 0 atom stereocenters. The highest BCUT2D eigenvalue weighted by atomic mass is 19.3. The van der Waals surface area contributed by atoms with Crippen LogP contribution in [-0.4, -0.2) is 43.5 Å². The normalized spacial score (nSPS) is 14.2. The largest absolute Gasteiger partial charge is 0.371 e. The number of fused-ring (bicyclic) bond motifs is 1. The van der Waals surface area contributed by atoms with Gasteiger partial charge in [-0.25, -0.2) is 13.8 Å². The molecule has 0 saturated carbocycles. The van der Waals surface area contributed by atoms with E-state index in [1.165, 1.54) is 12.1 Å². The van der Waals surface area contributed by atoms with Gasteiger partial charge in [-0.3, -0.25) is 14.7 Å². The molecular weight excluding hydrogens is 614 g/mol. The fourth-order valence-corrected chi connectivity index (χ4v) is 5.90. The van der Waals surface area contributed by atoms with E-state index < -0.39 is 10.8 Å². The number of nitrogens with zero attached hydrogens (tertiary/aromatic N) is 7. The van der Waals surface area contributed by atoms with Crippen molar-refractivity contribution in [3.05, 3.63) is 137 Å². The van der Waals surface area contributed by atoms with Crippen molar-refractivity contribution in [2.45, 2.75) is 31.9 Å². The second-order valence-electron chi connectivity index (χ2n) is 11.8. The Bertz CT molecular complexity index is 1990. The van der Waals surface area contributed by atoms with Crippen LogP contribution in [0.1, 0.15) is 24.0 Å². The number of hydrogen-bond acceptors (Lipinski definition) is 8. The van der Waals surface area contributed by atoms with Gasteiger partial charge in [-0.1, -0.05) is 66.7 Å². The lowest BCUT2D eigenvalue weighted by Gasteiger charge is -2.33. The first kappa shape index (κ1) is 30.7. The van der Waals surface area contributed by atoms with Crippen molar-refractivity contribution in [3.8, 4) is 5.69 Å². The quantitative estimate of drug-likeness (QED) is 0.118. The van der Waals surface area contributed by atoms with Crippen LogP contribution in [0, 0.1) is 10.1 Å². The Balaban J connectivity index is 1.29. The van der Waals surface area contributed by atoms with Gasteiger partial charge in [0, 0.05) is 62.5 Å². The predicted octanol–water partition coefficient (Wildman–Crippen LogP) is 7.91. The van der Waals surface area contributed by atoms with Crippen molar-refractivity contribution in [1.82, 2.24) is 19.5 Å². The fourth-order valence-electron chi connectivity index (χ4n) is 5.90. The second kappa shape index (κ2) is 13.1. The van der Waals surface area contributed by atoms with Crippen LogP contribution >= 0.6 is 0 Å². The zero-order chi connectivity index (χ0) is 33.1. The highest BCUT2D eigenvalue weighted by molar-refractivity contribution is 5.86. The summed E-state index contributed by atoms with van der Waals surface area (Å²) in [6, 6.07) is 34.0. The molecule has 242 valence electrons. The lowest BCUT2D eigenvalue weighted by molar-refractivity contribution is -0.384. The molecule has 1 aliphatic heterocycles. The number of hydrogen-bond donors (Lipinski definition) is 1. The number of halogens is 2. The number of piperidine rings is 1. The third-order valence-corrected chi connectivity index (χ3v) is 8.41. The molecule has 10 nitrogen and oxygen atoms in total. The van der Waals surface area contributed by atoms with Crippen molar-refractivity contribution in [3.63, 3.8) is 0 Å². The van der Waals surface area contributed by atoms with Gasteiger partial charge in [0.2, 0.25) is 5.95 Å². The van der Waals surface area contributed by atoms with Crippen LogP contribution in [0.3, 0.4) is 0 Å². The summed E-state index contributed by atoms with van der Waals surface area (Å²) in [6.07, 6.45) is 1.28. The lowest BCUT2D eigenvalue weighted by Crippen LogP contribution is -2.39. The van der Waals surface area contributed by atoms with Crippen LogP contribution in [0.2, 0.25) is 0 Å². The molecular formula is C36H32F2N8O2. The molecule has 1 N–H and O–H groups in total. The maximum atomic E-state index is 13.7. The summed E-state index contributed by atoms with van der Waals surface area (Å²) in [7, 11) is 0. The highest BCUT2D eigenvalue weighted by Crippen LogP contribution is 2.33. The van der Waals surface area contributed by atoms with E-state index in [1.54, 1.807) is 23.0 Å². The second-order valence-corrected chi connectivity index (χ2v) is 11.8. The molecule has 48 heavy (non-hydrogen) atoms. The summed E-state index contributed by atoms with van der Waals surface area (Å²) in [5.74, 6) is -1.72. The molecule has 3 heterocycles. The molecule has 0 aliphatic carbocycles. The average molecular weight is 647 g/mol. The number of benzene rings is 4. The first-order valence-corrected chi connectivity index (χ1v) is 15.6. The minimum absolute atomic E-state index is 0.0470. The van der Waals surface area contributed by atoms with E-state index in [4.69, 9.17) is 15.0 Å². The van der Waals surface area contributed by atoms with Gasteiger partial charge < -0.3 is 15.1 Å². The Morgan fingerprint density at radius 2 is 1.46 bits per heavy atom. The van der Waals surface area contributed by atoms with Gasteiger partial charge in [0.1, 0.15) is 6.33 Å². The minimum atomic E-state index is -2.61. The van der Waals surface area contributed by atoms with Gasteiger partial charge in [-0.2, -0.15) is 9.97 Å². The van der Waals surface area contributed by atoms with E-state index in [0.29, 0.717) is 60.5 Å². The Kier molecular flexibility index (Phi) is 8.37. The van der Waals surface area contributed by atoms with Crippen LogP contribution in [0.15, 0.2) is 116 Å². The van der Waals surface area contributed by atoms with Crippen LogP contribution in [0.4, 0.5) is 37.6 Å². The maximum Gasteiger partial charge on any atom is 0.271 e. The van der Waals surface area contributed by atoms with Gasteiger partial charge in [0.25, 0.3) is 11.6 Å². The third kappa shape index (κ3) is 6.77. The summed E-state index contributed by atoms with van der Waals surface area (Å²) in [6.45, 7) is 1.66. The minimum Gasteiger partial charge on any atom is -0.371 e. The number of nitrogens with one attached hydrogen (secondary N) is 1. The van der Waals surface area contributed by atoms with Crippen molar-refractivity contribution < 1.29 is 13.7 Å². The van der Waals surface area contributed by atoms with E-state index >= 15 is 0 Å². The van der Waals surface area contributed by atoms with Crippen LogP contribution in [-0.2, 0) is 13.1 Å². The summed E-state index contributed by atoms with van der Waals surface area (Å²) in [4.78, 5) is 29.8. The van der Waals surface area contributed by atoms with Gasteiger partial charge in [0.05, 0.1) is 10.6 Å². The number of anilines is 4. The van der Waals surface area contributed by atoms with Gasteiger partial charge in [-0.05, 0) is 41.5 Å². The molecule has 0 radical (unpaired) electrons. The Morgan fingerprint density at radius 1 is 0.812 bits per heavy atom. The van der Waals surface area contributed by atoms with Crippen molar-refractivity contribution in [2.24, 2.45) is 0 Å². The van der Waals surface area contributed by atoms with E-state index in [1.807, 2.05) is 65.6 Å². The molecule has 0 bridgehead atoms. The number of non-ortho nitro benzene ring substituents is 1. The van der Waals surface area contributed by atoms with E-state index in [2.05, 4.69) is 34.5 Å². The summed E-state index contributed by atoms with van der Waals surface area (Å²) in [5.41, 5.74) is 5.25. The molecule has 2 aromatic heterocycles. The Hall–Kier alpha value is -5.91. The molecule has 4 aromatic carbocycles. The number of rotatable bonds is 10. The number of nitro groups is 1. The van der Waals surface area contributed by atoms with Gasteiger partial charge in [0.15, 0.2) is 17.0 Å². The number of aromatic nitrogens is 4. The standard InChI is InChI=1S/C36H32F2N8O2/c37-36(38)18-20-43(21-19-36)29-16-14-28(15-17-29)40-35-41-33(44(23-26-8-3-1-4-9-26)24-27-10-5-2-6-11-27)32-34(42-35)45(25-39-32)30-12-7-13-31(22-30)46(47)48/h1-17,22,25H,18-21,23-24H2,(H,40,41,42). The zero-order valence-electron chi connectivity index (χ0n) is 25.9. The highest BCUT2D eigenvalue weighted by Gasteiger charge is 2.34. The zero-order valence-corrected chi connectivity index (χ0v) is 25.9. The molecule has 0 unspecified atom stereocenters. The lowest BCUT2D eigenvalue weighted by atomic mass is 10.1. The molecule has 0 amide bonds. The van der Waals surface area contributed by atoms with E-state index in [9.17, 15) is 18.9 Å².